The van der Waals surface area contributed by atoms with E-state index in [4.69, 9.17) is 0 Å². The van der Waals surface area contributed by atoms with E-state index in [1.807, 2.05) is 60.7 Å². The van der Waals surface area contributed by atoms with Gasteiger partial charge in [-0.15, -0.1) is 0 Å². The number of aliphatic hydroxyl groups is 1. The first-order valence-electron chi connectivity index (χ1n) is 9.20. The molecule has 1 fully saturated rings. The summed E-state index contributed by atoms with van der Waals surface area (Å²) in [6, 6.07) is 20.6. The maximum absolute atomic E-state index is 11.4. The summed E-state index contributed by atoms with van der Waals surface area (Å²) in [5.41, 5.74) is 0.354. The molecule has 0 aromatic heterocycles. The minimum absolute atomic E-state index is 0.555. The highest BCUT2D eigenvalue weighted by Gasteiger charge is 2.29. The molecule has 1 saturated heterocycles. The van der Waals surface area contributed by atoms with Crippen molar-refractivity contribution in [3.05, 3.63) is 71.8 Å². The molecular weight excluding hydrogens is 306 g/mol. The summed E-state index contributed by atoms with van der Waals surface area (Å²) in [5, 5.41) is 11.4. The highest BCUT2D eigenvalue weighted by atomic mass is 16.3. The van der Waals surface area contributed by atoms with Crippen molar-refractivity contribution in [1.29, 1.82) is 0 Å². The summed E-state index contributed by atoms with van der Waals surface area (Å²) in [7, 11) is 0. The van der Waals surface area contributed by atoms with Crippen LogP contribution in [0.2, 0.25) is 0 Å². The second kappa shape index (κ2) is 7.87. The van der Waals surface area contributed by atoms with Crippen molar-refractivity contribution in [1.82, 2.24) is 4.90 Å². The van der Waals surface area contributed by atoms with Gasteiger partial charge in [-0.3, -0.25) is 4.90 Å². The molecule has 130 valence electrons. The van der Waals surface area contributed by atoms with Gasteiger partial charge in [0.1, 0.15) is 0 Å². The van der Waals surface area contributed by atoms with Gasteiger partial charge in [0.05, 0.1) is 6.54 Å². The average Bonchev–Trinajstić information content (AvgIpc) is 2.65. The lowest BCUT2D eigenvalue weighted by molar-refractivity contribution is 0.120. The van der Waals surface area contributed by atoms with E-state index in [1.165, 1.54) is 19.3 Å². The van der Waals surface area contributed by atoms with Crippen molar-refractivity contribution in [2.45, 2.75) is 50.8 Å². The van der Waals surface area contributed by atoms with E-state index in [0.29, 0.717) is 18.6 Å². The first kappa shape index (κ1) is 17.7. The summed E-state index contributed by atoms with van der Waals surface area (Å²) in [6.45, 7) is 5.25. The summed E-state index contributed by atoms with van der Waals surface area (Å²) >= 11 is 0. The number of likely N-dealkylation sites (tertiary alicyclic amines) is 1. The van der Waals surface area contributed by atoms with Crippen molar-refractivity contribution < 1.29 is 5.11 Å². The third-order valence-electron chi connectivity index (χ3n) is 5.29. The zero-order valence-electron chi connectivity index (χ0n) is 15.2. The molecule has 1 aliphatic rings. The number of benzene rings is 2. The van der Waals surface area contributed by atoms with Gasteiger partial charge in [-0.25, -0.2) is 0 Å². The Morgan fingerprint density at radius 2 is 1.40 bits per heavy atom. The molecular formula is C23H27NO. The summed E-state index contributed by atoms with van der Waals surface area (Å²) in [6.07, 6.45) is 3.76. The van der Waals surface area contributed by atoms with Gasteiger partial charge in [-0.05, 0) is 26.7 Å². The Bertz CT molecular complexity index is 679. The van der Waals surface area contributed by atoms with Crippen LogP contribution in [0.3, 0.4) is 0 Å². The fourth-order valence-electron chi connectivity index (χ4n) is 3.71. The Morgan fingerprint density at radius 3 is 1.88 bits per heavy atom. The molecule has 2 heteroatoms. The Kier molecular flexibility index (Phi) is 5.58. The van der Waals surface area contributed by atoms with Gasteiger partial charge in [0, 0.05) is 23.2 Å². The Hall–Kier alpha value is -2.08. The molecule has 0 radical (unpaired) electrons. The molecule has 2 nitrogen and oxygen atoms in total. The third kappa shape index (κ3) is 3.95. The first-order chi connectivity index (χ1) is 12.1. The van der Waals surface area contributed by atoms with Crippen LogP contribution in [0.5, 0.6) is 0 Å². The monoisotopic (exact) mass is 333 g/mol. The normalized spacial score (nSPS) is 21.4. The van der Waals surface area contributed by atoms with Crippen LogP contribution in [0.1, 0.15) is 44.2 Å². The van der Waals surface area contributed by atoms with E-state index in [1.54, 1.807) is 0 Å². The quantitative estimate of drug-likeness (QED) is 0.852. The van der Waals surface area contributed by atoms with Gasteiger partial charge in [0.2, 0.25) is 0 Å². The van der Waals surface area contributed by atoms with E-state index in [-0.39, 0.29) is 0 Å². The molecule has 2 aromatic rings. The predicted octanol–water partition coefficient (Wildman–Crippen LogP) is 4.19. The Morgan fingerprint density at radius 1 is 0.920 bits per heavy atom. The van der Waals surface area contributed by atoms with Gasteiger partial charge < -0.3 is 5.11 Å². The SMILES string of the molecule is C[C@@H]1CCC[C@H](C)N1CC#CC(O)(c1ccccc1)c1ccccc1. The summed E-state index contributed by atoms with van der Waals surface area (Å²) in [5.74, 6) is 6.46. The number of piperidine rings is 1. The molecule has 0 spiro atoms. The molecule has 1 N–H and O–H groups in total. The van der Waals surface area contributed by atoms with Gasteiger partial charge in [-0.1, -0.05) is 78.9 Å². The molecule has 0 amide bonds. The lowest BCUT2D eigenvalue weighted by atomic mass is 9.87. The van der Waals surface area contributed by atoms with Crippen LogP contribution in [0, 0.1) is 11.8 Å². The predicted molar refractivity (Wildman–Crippen MR) is 103 cm³/mol. The van der Waals surface area contributed by atoms with Crippen molar-refractivity contribution in [2.75, 3.05) is 6.54 Å². The molecule has 0 aliphatic carbocycles. The van der Waals surface area contributed by atoms with E-state index in [2.05, 4.69) is 30.6 Å². The number of hydrogen-bond acceptors (Lipinski definition) is 2. The van der Waals surface area contributed by atoms with Crippen molar-refractivity contribution in [3.8, 4) is 11.8 Å². The van der Waals surface area contributed by atoms with Crippen molar-refractivity contribution >= 4 is 0 Å². The van der Waals surface area contributed by atoms with E-state index < -0.39 is 5.60 Å². The van der Waals surface area contributed by atoms with Crippen molar-refractivity contribution in [2.24, 2.45) is 0 Å². The molecule has 3 rings (SSSR count). The van der Waals surface area contributed by atoms with E-state index >= 15 is 0 Å². The maximum atomic E-state index is 11.4. The Labute approximate surface area is 151 Å². The smallest absolute Gasteiger partial charge is 0.176 e. The minimum atomic E-state index is -1.27. The zero-order chi connectivity index (χ0) is 17.7. The highest BCUT2D eigenvalue weighted by Crippen LogP contribution is 2.29. The van der Waals surface area contributed by atoms with E-state index in [0.717, 1.165) is 11.1 Å². The first-order valence-corrected chi connectivity index (χ1v) is 9.20. The highest BCUT2D eigenvalue weighted by molar-refractivity contribution is 5.44. The summed E-state index contributed by atoms with van der Waals surface area (Å²) < 4.78 is 0. The van der Waals surface area contributed by atoms with Crippen LogP contribution >= 0.6 is 0 Å². The van der Waals surface area contributed by atoms with Crippen molar-refractivity contribution in [3.63, 3.8) is 0 Å². The molecule has 2 aromatic carbocycles. The molecule has 2 atom stereocenters. The van der Waals surface area contributed by atoms with Crippen LogP contribution in [-0.4, -0.2) is 28.6 Å². The lowest BCUT2D eigenvalue weighted by Gasteiger charge is -2.37. The fraction of sp³-hybridized carbons (Fsp3) is 0.391. The Balaban J connectivity index is 1.90. The molecule has 0 unspecified atom stereocenters. The number of rotatable bonds is 3. The summed E-state index contributed by atoms with van der Waals surface area (Å²) in [4.78, 5) is 2.45. The van der Waals surface area contributed by atoms with Crippen LogP contribution in [0.25, 0.3) is 0 Å². The second-order valence-electron chi connectivity index (χ2n) is 7.05. The van der Waals surface area contributed by atoms with Gasteiger partial charge in [0.15, 0.2) is 5.60 Å². The average molecular weight is 333 g/mol. The number of nitrogens with zero attached hydrogens (tertiary/aromatic N) is 1. The van der Waals surface area contributed by atoms with Crippen LogP contribution in [-0.2, 0) is 5.60 Å². The minimum Gasteiger partial charge on any atom is -0.369 e. The second-order valence-corrected chi connectivity index (χ2v) is 7.05. The van der Waals surface area contributed by atoms with Crippen LogP contribution < -0.4 is 0 Å². The molecule has 0 saturated carbocycles. The lowest BCUT2D eigenvalue weighted by Crippen LogP contribution is -2.43. The third-order valence-corrected chi connectivity index (χ3v) is 5.29. The fourth-order valence-corrected chi connectivity index (χ4v) is 3.71. The molecule has 1 aliphatic heterocycles. The van der Waals surface area contributed by atoms with Crippen LogP contribution in [0.15, 0.2) is 60.7 Å². The van der Waals surface area contributed by atoms with Gasteiger partial charge in [-0.2, -0.15) is 0 Å². The topological polar surface area (TPSA) is 23.5 Å². The molecule has 1 heterocycles. The van der Waals surface area contributed by atoms with Crippen LogP contribution in [0.4, 0.5) is 0 Å². The number of hydrogen-bond donors (Lipinski definition) is 1. The maximum Gasteiger partial charge on any atom is 0.176 e. The van der Waals surface area contributed by atoms with E-state index in [9.17, 15) is 5.11 Å². The standard InChI is InChI=1S/C23H27NO/c1-19-11-9-12-20(2)24(19)18-10-17-23(25,21-13-5-3-6-14-21)22-15-7-4-8-16-22/h3-8,13-16,19-20,25H,9,11-12,18H2,1-2H3/t19-,20+. The molecule has 0 bridgehead atoms. The van der Waals surface area contributed by atoms with Gasteiger partial charge in [0.25, 0.3) is 0 Å². The largest absolute Gasteiger partial charge is 0.369 e. The molecule has 25 heavy (non-hydrogen) atoms. The van der Waals surface area contributed by atoms with Gasteiger partial charge >= 0.3 is 0 Å². The zero-order valence-corrected chi connectivity index (χ0v) is 15.2.